The molecule has 0 saturated heterocycles. The first-order valence-corrected chi connectivity index (χ1v) is 12.6. The molecule has 3 heterocycles. The Bertz CT molecular complexity index is 1340. The van der Waals surface area contributed by atoms with Crippen LogP contribution in [0.3, 0.4) is 0 Å². The summed E-state index contributed by atoms with van der Waals surface area (Å²) in [4.78, 5) is 23.9. The highest BCUT2D eigenvalue weighted by Crippen LogP contribution is 2.38. The predicted octanol–water partition coefficient (Wildman–Crippen LogP) is 7.20. The van der Waals surface area contributed by atoms with Crippen molar-refractivity contribution in [3.63, 3.8) is 0 Å². The molecule has 0 radical (unpaired) electrons. The van der Waals surface area contributed by atoms with E-state index in [1.807, 2.05) is 17.5 Å². The van der Waals surface area contributed by atoms with Gasteiger partial charge in [0.1, 0.15) is 11.4 Å². The Morgan fingerprint density at radius 3 is 2.60 bits per heavy atom. The van der Waals surface area contributed by atoms with Gasteiger partial charge in [0.2, 0.25) is 0 Å². The molecule has 35 heavy (non-hydrogen) atoms. The highest BCUT2D eigenvalue weighted by atomic mass is 32.1. The van der Waals surface area contributed by atoms with Crippen LogP contribution >= 0.6 is 22.7 Å². The smallest absolute Gasteiger partial charge is 0.341 e. The van der Waals surface area contributed by atoms with E-state index in [0.29, 0.717) is 16.5 Å². The number of hydrogen-bond donors (Lipinski definition) is 1. The Hall–Kier alpha value is -3.30. The lowest BCUT2D eigenvalue weighted by atomic mass is 9.90. The number of hydrogen-bond acceptors (Lipinski definition) is 8. The number of rotatable bonds is 7. The number of nitrogens with zero attached hydrogens (tertiary/aromatic N) is 2. The lowest BCUT2D eigenvalue weighted by Crippen LogP contribution is -2.08. The molecular weight excluding hydrogens is 485 g/mol. The second-order valence-electron chi connectivity index (χ2n) is 9.09. The highest BCUT2D eigenvalue weighted by molar-refractivity contribution is 7.16. The van der Waals surface area contributed by atoms with Crippen molar-refractivity contribution in [2.45, 2.75) is 27.2 Å². The number of pyridine rings is 1. The zero-order chi connectivity index (χ0) is 25.2. The third-order valence-corrected chi connectivity index (χ3v) is 7.03. The molecule has 1 aromatic carbocycles. The number of benzene rings is 1. The summed E-state index contributed by atoms with van der Waals surface area (Å²) in [5, 5.41) is 5.75. The number of carbonyl (C=O) groups is 1. The maximum atomic E-state index is 14.0. The molecular formula is C26H26FN3O3S2. The third kappa shape index (κ3) is 5.68. The summed E-state index contributed by atoms with van der Waals surface area (Å²) in [5.74, 6) is -0.407. The van der Waals surface area contributed by atoms with Crippen LogP contribution in [0.5, 0.6) is 5.75 Å². The van der Waals surface area contributed by atoms with Crippen LogP contribution in [0.2, 0.25) is 0 Å². The number of methoxy groups -OCH3 is 2. The molecule has 0 saturated carbocycles. The maximum Gasteiger partial charge on any atom is 0.341 e. The Balaban J connectivity index is 1.75. The second-order valence-corrected chi connectivity index (χ2v) is 11.1. The second kappa shape index (κ2) is 10.1. The van der Waals surface area contributed by atoms with Crippen LogP contribution in [0.4, 0.5) is 15.3 Å². The summed E-state index contributed by atoms with van der Waals surface area (Å²) in [6.45, 7) is 6.44. The molecule has 4 aromatic rings. The van der Waals surface area contributed by atoms with E-state index in [2.05, 4.69) is 31.1 Å². The number of carbonyl (C=O) groups excluding carboxylic acids is 1. The Morgan fingerprint density at radius 2 is 1.94 bits per heavy atom. The zero-order valence-electron chi connectivity index (χ0n) is 20.1. The third-order valence-electron chi connectivity index (χ3n) is 5.14. The molecule has 6 nitrogen and oxygen atoms in total. The average Bonchev–Trinajstić information content (AvgIpc) is 3.49. The number of nitrogens with one attached hydrogen (secondary N) is 1. The van der Waals surface area contributed by atoms with E-state index in [1.165, 1.54) is 31.6 Å². The van der Waals surface area contributed by atoms with Gasteiger partial charge < -0.3 is 14.8 Å². The lowest BCUT2D eigenvalue weighted by molar-refractivity contribution is 0.0601. The van der Waals surface area contributed by atoms with E-state index >= 15 is 0 Å². The number of halogens is 1. The summed E-state index contributed by atoms with van der Waals surface area (Å²) in [5.41, 5.74) is 2.63. The van der Waals surface area contributed by atoms with Gasteiger partial charge in [0.25, 0.3) is 0 Å². The van der Waals surface area contributed by atoms with Crippen molar-refractivity contribution in [3.8, 4) is 27.4 Å². The van der Waals surface area contributed by atoms with Crippen molar-refractivity contribution >= 4 is 39.6 Å². The van der Waals surface area contributed by atoms with E-state index in [1.54, 1.807) is 35.7 Å². The quantitative estimate of drug-likeness (QED) is 0.265. The molecule has 0 aliphatic heterocycles. The number of esters is 1. The fraction of sp³-hybridized carbons (Fsp3) is 0.269. The molecule has 3 aromatic heterocycles. The van der Waals surface area contributed by atoms with Crippen LogP contribution in [0.25, 0.3) is 21.7 Å². The van der Waals surface area contributed by atoms with E-state index in [4.69, 9.17) is 14.5 Å². The molecule has 9 heteroatoms. The summed E-state index contributed by atoms with van der Waals surface area (Å²) in [6.07, 6.45) is 2.48. The molecule has 0 spiro atoms. The maximum absolute atomic E-state index is 14.0. The van der Waals surface area contributed by atoms with Gasteiger partial charge in [-0.2, -0.15) is 0 Å². The van der Waals surface area contributed by atoms with E-state index in [9.17, 15) is 9.18 Å². The molecule has 182 valence electrons. The summed E-state index contributed by atoms with van der Waals surface area (Å²) >= 11 is 3.04. The molecule has 0 atom stereocenters. The first-order chi connectivity index (χ1) is 16.7. The average molecular weight is 512 g/mol. The van der Waals surface area contributed by atoms with Crippen molar-refractivity contribution in [2.24, 2.45) is 5.41 Å². The Morgan fingerprint density at radius 1 is 1.14 bits per heavy atom. The molecule has 1 N–H and O–H groups in total. The van der Waals surface area contributed by atoms with Crippen molar-refractivity contribution < 1.29 is 18.7 Å². The topological polar surface area (TPSA) is 73.3 Å². The molecule has 0 unspecified atom stereocenters. The largest absolute Gasteiger partial charge is 0.494 e. The van der Waals surface area contributed by atoms with Gasteiger partial charge in [-0.1, -0.05) is 26.8 Å². The summed E-state index contributed by atoms with van der Waals surface area (Å²) in [7, 11) is 2.78. The molecule has 0 aliphatic carbocycles. The number of thiophene rings is 1. The lowest BCUT2D eigenvalue weighted by Gasteiger charge is -2.17. The van der Waals surface area contributed by atoms with Crippen molar-refractivity contribution in [2.75, 3.05) is 19.5 Å². The first-order valence-electron chi connectivity index (χ1n) is 10.9. The molecule has 0 bridgehead atoms. The van der Waals surface area contributed by atoms with Crippen LogP contribution in [-0.4, -0.2) is 30.2 Å². The SMILES string of the molecule is COC(=O)c1cc(-c2cccs2)cnc1Nc1nc(-c2ccc(F)c(OC)c2)c(CC(C)(C)C)s1. The van der Waals surface area contributed by atoms with Gasteiger partial charge in [-0.05, 0) is 47.5 Å². The van der Waals surface area contributed by atoms with Gasteiger partial charge >= 0.3 is 5.97 Å². The van der Waals surface area contributed by atoms with Gasteiger partial charge in [0.05, 0.1) is 19.9 Å². The zero-order valence-corrected chi connectivity index (χ0v) is 21.8. The van der Waals surface area contributed by atoms with Gasteiger partial charge in [-0.25, -0.2) is 19.2 Å². The fourth-order valence-corrected chi connectivity index (χ4v) is 5.54. The van der Waals surface area contributed by atoms with Crippen LogP contribution in [0, 0.1) is 11.2 Å². The van der Waals surface area contributed by atoms with Crippen LogP contribution in [0.1, 0.15) is 36.0 Å². The minimum Gasteiger partial charge on any atom is -0.494 e. The highest BCUT2D eigenvalue weighted by Gasteiger charge is 2.22. The fourth-order valence-electron chi connectivity index (χ4n) is 3.55. The normalized spacial score (nSPS) is 11.4. The summed E-state index contributed by atoms with van der Waals surface area (Å²) in [6, 6.07) is 10.4. The standard InChI is InChI=1S/C26H26FN3O3S2/c1-26(2,3)13-21-22(15-8-9-18(27)19(12-15)32-4)29-25(35-21)30-23-17(24(31)33-5)11-16(14-28-23)20-7-6-10-34-20/h6-12,14H,13H2,1-5H3,(H,28,29,30). The Kier molecular flexibility index (Phi) is 7.18. The van der Waals surface area contributed by atoms with E-state index in [0.717, 1.165) is 33.0 Å². The summed E-state index contributed by atoms with van der Waals surface area (Å²) < 4.78 is 24.2. The minimum atomic E-state index is -0.492. The molecule has 4 rings (SSSR count). The first kappa shape index (κ1) is 24.8. The monoisotopic (exact) mass is 511 g/mol. The Labute approximate surface area is 211 Å². The predicted molar refractivity (Wildman–Crippen MR) is 139 cm³/mol. The minimum absolute atomic E-state index is 0.000449. The van der Waals surface area contributed by atoms with Crippen molar-refractivity contribution in [1.29, 1.82) is 0 Å². The van der Waals surface area contributed by atoms with Gasteiger partial charge in [-0.15, -0.1) is 22.7 Å². The van der Waals surface area contributed by atoms with Crippen molar-refractivity contribution in [1.82, 2.24) is 9.97 Å². The van der Waals surface area contributed by atoms with Gasteiger partial charge in [-0.3, -0.25) is 0 Å². The van der Waals surface area contributed by atoms with E-state index < -0.39 is 11.8 Å². The number of thiazole rings is 1. The van der Waals surface area contributed by atoms with E-state index in [-0.39, 0.29) is 11.2 Å². The number of aromatic nitrogens is 2. The van der Waals surface area contributed by atoms with Crippen LogP contribution in [-0.2, 0) is 11.2 Å². The van der Waals surface area contributed by atoms with Crippen LogP contribution in [0.15, 0.2) is 48.0 Å². The molecule has 0 fully saturated rings. The number of ether oxygens (including phenoxy) is 2. The molecule has 0 amide bonds. The van der Waals surface area contributed by atoms with Gasteiger partial charge in [0, 0.05) is 27.1 Å². The number of anilines is 2. The van der Waals surface area contributed by atoms with Crippen molar-refractivity contribution in [3.05, 3.63) is 64.2 Å². The van der Waals surface area contributed by atoms with Gasteiger partial charge in [0.15, 0.2) is 16.7 Å². The van der Waals surface area contributed by atoms with Crippen LogP contribution < -0.4 is 10.1 Å². The molecule has 0 aliphatic rings.